The van der Waals surface area contributed by atoms with Crippen molar-refractivity contribution in [3.05, 3.63) is 124 Å². The average molecular weight is 701 g/mol. The van der Waals surface area contributed by atoms with Gasteiger partial charge in [-0.2, -0.15) is 0 Å². The summed E-state index contributed by atoms with van der Waals surface area (Å²) >= 11 is 13.1. The third-order valence-electron chi connectivity index (χ3n) is 7.21. The summed E-state index contributed by atoms with van der Waals surface area (Å²) in [5.41, 5.74) is 1.34. The minimum Gasteiger partial charge on any atom is -0.494 e. The first-order valence-electron chi connectivity index (χ1n) is 15.0. The largest absolute Gasteiger partial charge is 0.494 e. The van der Waals surface area contributed by atoms with Crippen LogP contribution in [0.1, 0.15) is 31.9 Å². The maximum absolute atomic E-state index is 14.5. The van der Waals surface area contributed by atoms with E-state index in [4.69, 9.17) is 27.9 Å². The summed E-state index contributed by atoms with van der Waals surface area (Å²) in [5, 5.41) is 3.45. The van der Waals surface area contributed by atoms with Crippen molar-refractivity contribution in [2.24, 2.45) is 0 Å². The third kappa shape index (κ3) is 9.24. The Kier molecular flexibility index (Phi) is 12.3. The fourth-order valence-electron chi connectivity index (χ4n) is 4.93. The van der Waals surface area contributed by atoms with Crippen molar-refractivity contribution in [2.45, 2.75) is 50.7 Å². The molecule has 248 valence electrons. The molecule has 0 radical (unpaired) electrons. The first-order chi connectivity index (χ1) is 22.4. The predicted octanol–water partition coefficient (Wildman–Crippen LogP) is 6.89. The van der Waals surface area contributed by atoms with Crippen molar-refractivity contribution in [3.63, 3.8) is 0 Å². The van der Waals surface area contributed by atoms with Crippen molar-refractivity contribution in [1.82, 2.24) is 10.2 Å². The van der Waals surface area contributed by atoms with E-state index in [0.717, 1.165) is 34.1 Å². The molecule has 0 saturated heterocycles. The standard InChI is InChI=1S/C35H36Cl2FN3O5S/c1-4-46-28-17-15-27(16-18-28)41(47(44,45)29-19-13-26(38)14-20-29)23-34(42)40(22-30-31(36)11-8-12-32(30)37)33(35(43)39-24(2)3)21-25-9-6-5-7-10-25/h5-20,24,33H,4,21-23H2,1-3H3,(H,39,43)/t33-/m0/s1. The van der Waals surface area contributed by atoms with Gasteiger partial charge in [0.15, 0.2) is 0 Å². The number of anilines is 1. The molecule has 0 unspecified atom stereocenters. The predicted molar refractivity (Wildman–Crippen MR) is 183 cm³/mol. The lowest BCUT2D eigenvalue weighted by Crippen LogP contribution is -2.54. The smallest absolute Gasteiger partial charge is 0.264 e. The van der Waals surface area contributed by atoms with Gasteiger partial charge in [0.1, 0.15) is 24.2 Å². The highest BCUT2D eigenvalue weighted by molar-refractivity contribution is 7.92. The van der Waals surface area contributed by atoms with Gasteiger partial charge in [-0.1, -0.05) is 59.6 Å². The lowest BCUT2D eigenvalue weighted by Gasteiger charge is -2.34. The molecular weight excluding hydrogens is 664 g/mol. The monoisotopic (exact) mass is 699 g/mol. The van der Waals surface area contributed by atoms with Gasteiger partial charge in [-0.3, -0.25) is 13.9 Å². The summed E-state index contributed by atoms with van der Waals surface area (Å²) in [6.07, 6.45) is 0.126. The van der Waals surface area contributed by atoms with E-state index in [-0.39, 0.29) is 39.6 Å². The summed E-state index contributed by atoms with van der Waals surface area (Å²) < 4.78 is 48.4. The molecule has 0 heterocycles. The van der Waals surface area contributed by atoms with E-state index in [2.05, 4.69) is 5.32 Å². The zero-order valence-corrected chi connectivity index (χ0v) is 28.5. The first-order valence-corrected chi connectivity index (χ1v) is 17.2. The van der Waals surface area contributed by atoms with Crippen molar-refractivity contribution in [2.75, 3.05) is 17.5 Å². The maximum atomic E-state index is 14.5. The van der Waals surface area contributed by atoms with Crippen molar-refractivity contribution in [1.29, 1.82) is 0 Å². The fraction of sp³-hybridized carbons (Fsp3) is 0.257. The topological polar surface area (TPSA) is 96.0 Å². The van der Waals surface area contributed by atoms with Gasteiger partial charge in [-0.15, -0.1) is 0 Å². The number of nitrogens with one attached hydrogen (secondary N) is 1. The Labute approximate surface area is 285 Å². The zero-order chi connectivity index (χ0) is 34.1. The van der Waals surface area contributed by atoms with Crippen LogP contribution in [0.5, 0.6) is 5.75 Å². The van der Waals surface area contributed by atoms with Gasteiger partial charge in [0, 0.05) is 34.6 Å². The van der Waals surface area contributed by atoms with E-state index < -0.39 is 40.2 Å². The van der Waals surface area contributed by atoms with Crippen LogP contribution in [0.2, 0.25) is 10.0 Å². The molecule has 4 aromatic carbocycles. The molecule has 0 fully saturated rings. The van der Waals surface area contributed by atoms with E-state index in [1.54, 1.807) is 44.2 Å². The number of halogens is 3. The quantitative estimate of drug-likeness (QED) is 0.155. The SMILES string of the molecule is CCOc1ccc(N(CC(=O)N(Cc2c(Cl)cccc2Cl)[C@@H](Cc2ccccc2)C(=O)NC(C)C)S(=O)(=O)c2ccc(F)cc2)cc1. The highest BCUT2D eigenvalue weighted by atomic mass is 35.5. The Morgan fingerprint density at radius 3 is 2.06 bits per heavy atom. The Bertz CT molecular complexity index is 1750. The second-order valence-corrected chi connectivity index (χ2v) is 13.7. The van der Waals surface area contributed by atoms with Gasteiger partial charge in [0.25, 0.3) is 10.0 Å². The molecule has 0 aliphatic rings. The Morgan fingerprint density at radius 2 is 1.49 bits per heavy atom. The van der Waals surface area contributed by atoms with Gasteiger partial charge < -0.3 is 15.0 Å². The lowest BCUT2D eigenvalue weighted by atomic mass is 10.0. The summed E-state index contributed by atoms with van der Waals surface area (Å²) in [6.45, 7) is 4.94. The van der Waals surface area contributed by atoms with E-state index in [1.807, 2.05) is 37.3 Å². The molecule has 0 aliphatic carbocycles. The van der Waals surface area contributed by atoms with E-state index in [0.29, 0.717) is 17.9 Å². The Morgan fingerprint density at radius 1 is 0.872 bits per heavy atom. The number of sulfonamides is 1. The number of rotatable bonds is 14. The van der Waals surface area contributed by atoms with Crippen molar-refractivity contribution >= 4 is 50.7 Å². The Balaban J connectivity index is 1.84. The molecule has 0 bridgehead atoms. The number of hydrogen-bond acceptors (Lipinski definition) is 5. The molecule has 0 spiro atoms. The molecular formula is C35H36Cl2FN3O5S. The summed E-state index contributed by atoms with van der Waals surface area (Å²) in [7, 11) is -4.41. The number of ether oxygens (including phenoxy) is 1. The first kappa shape index (κ1) is 35.7. The van der Waals surface area contributed by atoms with E-state index in [9.17, 15) is 22.4 Å². The fourth-order valence-corrected chi connectivity index (χ4v) is 6.86. The number of amides is 2. The molecule has 0 aromatic heterocycles. The van der Waals surface area contributed by atoms with Crippen molar-refractivity contribution in [3.8, 4) is 5.75 Å². The normalized spacial score (nSPS) is 12.0. The maximum Gasteiger partial charge on any atom is 0.264 e. The van der Waals surface area contributed by atoms with Crippen molar-refractivity contribution < 1.29 is 27.1 Å². The van der Waals surface area contributed by atoms with Crippen LogP contribution in [0.3, 0.4) is 0 Å². The van der Waals surface area contributed by atoms with Crippen LogP contribution in [-0.2, 0) is 32.6 Å². The molecule has 12 heteroatoms. The average Bonchev–Trinajstić information content (AvgIpc) is 3.03. The van der Waals surface area contributed by atoms with E-state index in [1.165, 1.54) is 17.0 Å². The molecule has 1 N–H and O–H groups in total. The van der Waals surface area contributed by atoms with Gasteiger partial charge in [-0.05, 0) is 87.0 Å². The molecule has 4 rings (SSSR count). The molecule has 0 aliphatic heterocycles. The van der Waals surface area contributed by atoms with Crippen LogP contribution in [0.15, 0.2) is 102 Å². The second-order valence-electron chi connectivity index (χ2n) is 11.0. The minimum atomic E-state index is -4.41. The number of carbonyl (C=O) groups excluding carboxylic acids is 2. The van der Waals surface area contributed by atoms with Crippen LogP contribution < -0.4 is 14.4 Å². The number of benzene rings is 4. The summed E-state index contributed by atoms with van der Waals surface area (Å²) in [5.74, 6) is -1.24. The number of hydrogen-bond donors (Lipinski definition) is 1. The molecule has 0 saturated carbocycles. The number of nitrogens with zero attached hydrogens (tertiary/aromatic N) is 2. The van der Waals surface area contributed by atoms with Gasteiger partial charge in [-0.25, -0.2) is 12.8 Å². The third-order valence-corrected chi connectivity index (χ3v) is 9.70. The molecule has 2 amide bonds. The van der Waals surface area contributed by atoms with Gasteiger partial charge in [0.2, 0.25) is 11.8 Å². The van der Waals surface area contributed by atoms with Crippen LogP contribution in [-0.4, -0.2) is 50.4 Å². The summed E-state index contributed by atoms with van der Waals surface area (Å²) in [6, 6.07) is 23.3. The highest BCUT2D eigenvalue weighted by Gasteiger charge is 2.35. The second kappa shape index (κ2) is 16.1. The van der Waals surface area contributed by atoms with Crippen LogP contribution in [0, 0.1) is 5.82 Å². The molecule has 47 heavy (non-hydrogen) atoms. The zero-order valence-electron chi connectivity index (χ0n) is 26.2. The van der Waals surface area contributed by atoms with Crippen LogP contribution >= 0.6 is 23.2 Å². The van der Waals surface area contributed by atoms with E-state index >= 15 is 0 Å². The minimum absolute atomic E-state index is 0.126. The number of carbonyl (C=O) groups is 2. The van der Waals surface area contributed by atoms with Crippen LogP contribution in [0.4, 0.5) is 10.1 Å². The van der Waals surface area contributed by atoms with Gasteiger partial charge >= 0.3 is 0 Å². The lowest BCUT2D eigenvalue weighted by molar-refractivity contribution is -0.140. The molecule has 4 aromatic rings. The Hall–Kier alpha value is -4.12. The highest BCUT2D eigenvalue weighted by Crippen LogP contribution is 2.30. The molecule has 8 nitrogen and oxygen atoms in total. The van der Waals surface area contributed by atoms with Gasteiger partial charge in [0.05, 0.1) is 17.2 Å². The molecule has 1 atom stereocenters. The summed E-state index contributed by atoms with van der Waals surface area (Å²) in [4.78, 5) is 29.4. The van der Waals surface area contributed by atoms with Crippen LogP contribution in [0.25, 0.3) is 0 Å².